The summed E-state index contributed by atoms with van der Waals surface area (Å²) < 4.78 is 12.7. The van der Waals surface area contributed by atoms with Crippen LogP contribution in [0.15, 0.2) is 24.3 Å². The SMILES string of the molecule is CC1CCC(C(O)Cc2ccc(F)cc2)C1. The van der Waals surface area contributed by atoms with Crippen LogP contribution in [0.5, 0.6) is 0 Å². The molecule has 1 saturated carbocycles. The van der Waals surface area contributed by atoms with Gasteiger partial charge in [0, 0.05) is 0 Å². The van der Waals surface area contributed by atoms with Crippen molar-refractivity contribution in [3.63, 3.8) is 0 Å². The largest absolute Gasteiger partial charge is 0.392 e. The fraction of sp³-hybridized carbons (Fsp3) is 0.571. The van der Waals surface area contributed by atoms with E-state index in [0.717, 1.165) is 24.3 Å². The van der Waals surface area contributed by atoms with Gasteiger partial charge in [-0.1, -0.05) is 25.5 Å². The second kappa shape index (κ2) is 4.96. The minimum absolute atomic E-state index is 0.215. The third-order valence-corrected chi connectivity index (χ3v) is 3.64. The summed E-state index contributed by atoms with van der Waals surface area (Å²) in [4.78, 5) is 0. The number of aliphatic hydroxyl groups excluding tert-OH is 1. The van der Waals surface area contributed by atoms with Gasteiger partial charge in [-0.05, 0) is 48.8 Å². The van der Waals surface area contributed by atoms with Crippen molar-refractivity contribution in [2.45, 2.75) is 38.7 Å². The van der Waals surface area contributed by atoms with Crippen LogP contribution in [0.2, 0.25) is 0 Å². The van der Waals surface area contributed by atoms with E-state index < -0.39 is 0 Å². The lowest BCUT2D eigenvalue weighted by Gasteiger charge is -2.17. The molecule has 2 rings (SSSR count). The summed E-state index contributed by atoms with van der Waals surface area (Å²) in [5.41, 5.74) is 1.02. The quantitative estimate of drug-likeness (QED) is 0.833. The zero-order valence-electron chi connectivity index (χ0n) is 9.70. The Morgan fingerprint density at radius 2 is 2.00 bits per heavy atom. The van der Waals surface area contributed by atoms with E-state index in [9.17, 15) is 9.50 Å². The Morgan fingerprint density at radius 1 is 1.31 bits per heavy atom. The van der Waals surface area contributed by atoms with Crippen LogP contribution >= 0.6 is 0 Å². The van der Waals surface area contributed by atoms with Crippen molar-refractivity contribution >= 4 is 0 Å². The number of hydrogen-bond donors (Lipinski definition) is 1. The molecule has 0 radical (unpaired) electrons. The third kappa shape index (κ3) is 2.82. The zero-order chi connectivity index (χ0) is 11.5. The normalized spacial score (nSPS) is 26.9. The van der Waals surface area contributed by atoms with Crippen molar-refractivity contribution in [2.75, 3.05) is 0 Å². The van der Waals surface area contributed by atoms with Gasteiger partial charge in [0.05, 0.1) is 6.10 Å². The average molecular weight is 222 g/mol. The summed E-state index contributed by atoms with van der Waals surface area (Å²) >= 11 is 0. The molecule has 1 aromatic rings. The maximum atomic E-state index is 12.7. The highest BCUT2D eigenvalue weighted by molar-refractivity contribution is 5.17. The smallest absolute Gasteiger partial charge is 0.123 e. The molecule has 0 spiro atoms. The first kappa shape index (κ1) is 11.6. The molecule has 0 aromatic heterocycles. The van der Waals surface area contributed by atoms with E-state index in [1.165, 1.54) is 18.6 Å². The Hall–Kier alpha value is -0.890. The highest BCUT2D eigenvalue weighted by atomic mass is 19.1. The van der Waals surface area contributed by atoms with E-state index in [-0.39, 0.29) is 11.9 Å². The summed E-state index contributed by atoms with van der Waals surface area (Å²) in [7, 11) is 0. The first-order valence-corrected chi connectivity index (χ1v) is 6.07. The highest BCUT2D eigenvalue weighted by Gasteiger charge is 2.27. The Kier molecular flexibility index (Phi) is 3.59. The van der Waals surface area contributed by atoms with Crippen LogP contribution in [0.4, 0.5) is 4.39 Å². The number of hydrogen-bond acceptors (Lipinski definition) is 1. The summed E-state index contributed by atoms with van der Waals surface area (Å²) in [6, 6.07) is 6.44. The van der Waals surface area contributed by atoms with Gasteiger partial charge in [-0.25, -0.2) is 4.39 Å². The zero-order valence-corrected chi connectivity index (χ0v) is 9.70. The van der Waals surface area contributed by atoms with Gasteiger partial charge in [0.25, 0.3) is 0 Å². The van der Waals surface area contributed by atoms with Gasteiger partial charge in [-0.2, -0.15) is 0 Å². The van der Waals surface area contributed by atoms with Crippen molar-refractivity contribution in [1.29, 1.82) is 0 Å². The van der Waals surface area contributed by atoms with E-state index >= 15 is 0 Å². The van der Waals surface area contributed by atoms with E-state index in [4.69, 9.17) is 0 Å². The summed E-state index contributed by atoms with van der Waals surface area (Å²) in [6.45, 7) is 2.24. The monoisotopic (exact) mass is 222 g/mol. The maximum absolute atomic E-state index is 12.7. The molecule has 0 heterocycles. The summed E-state index contributed by atoms with van der Waals surface area (Å²) in [5.74, 6) is 0.959. The second-order valence-electron chi connectivity index (χ2n) is 5.08. The first-order chi connectivity index (χ1) is 7.65. The number of benzene rings is 1. The number of aliphatic hydroxyl groups is 1. The van der Waals surface area contributed by atoms with Crippen LogP contribution in [0, 0.1) is 17.7 Å². The highest BCUT2D eigenvalue weighted by Crippen LogP contribution is 2.33. The third-order valence-electron chi connectivity index (χ3n) is 3.64. The predicted octanol–water partition coefficient (Wildman–Crippen LogP) is 3.17. The molecule has 0 amide bonds. The van der Waals surface area contributed by atoms with Crippen LogP contribution in [-0.2, 0) is 6.42 Å². The average Bonchev–Trinajstić information content (AvgIpc) is 2.68. The van der Waals surface area contributed by atoms with E-state index in [1.807, 2.05) is 0 Å². The topological polar surface area (TPSA) is 20.2 Å². The van der Waals surface area contributed by atoms with Gasteiger partial charge in [0.1, 0.15) is 5.82 Å². The molecule has 16 heavy (non-hydrogen) atoms. The van der Waals surface area contributed by atoms with Crippen molar-refractivity contribution in [3.8, 4) is 0 Å². The van der Waals surface area contributed by atoms with Gasteiger partial charge in [-0.15, -0.1) is 0 Å². The molecule has 2 heteroatoms. The van der Waals surface area contributed by atoms with Crippen LogP contribution in [0.3, 0.4) is 0 Å². The lowest BCUT2D eigenvalue weighted by molar-refractivity contribution is 0.109. The Morgan fingerprint density at radius 3 is 2.56 bits per heavy atom. The molecule has 0 saturated heterocycles. The van der Waals surface area contributed by atoms with Crippen LogP contribution in [-0.4, -0.2) is 11.2 Å². The number of rotatable bonds is 3. The van der Waals surface area contributed by atoms with Gasteiger partial charge < -0.3 is 5.11 Å². The second-order valence-corrected chi connectivity index (χ2v) is 5.08. The van der Waals surface area contributed by atoms with Crippen LogP contribution in [0.25, 0.3) is 0 Å². The number of halogens is 1. The Bertz CT molecular complexity index is 333. The van der Waals surface area contributed by atoms with E-state index in [2.05, 4.69) is 6.92 Å². The van der Waals surface area contributed by atoms with Crippen molar-refractivity contribution in [1.82, 2.24) is 0 Å². The molecule has 1 aliphatic carbocycles. The summed E-state index contributed by atoms with van der Waals surface area (Å²) in [6.07, 6.45) is 3.87. The first-order valence-electron chi connectivity index (χ1n) is 6.07. The molecule has 0 aliphatic heterocycles. The molecule has 1 fully saturated rings. The minimum Gasteiger partial charge on any atom is -0.392 e. The Balaban J connectivity index is 1.91. The molecule has 1 N–H and O–H groups in total. The molecular weight excluding hydrogens is 203 g/mol. The lowest BCUT2D eigenvalue weighted by atomic mass is 9.94. The van der Waals surface area contributed by atoms with Crippen molar-refractivity contribution < 1.29 is 9.50 Å². The minimum atomic E-state index is -0.268. The lowest BCUT2D eigenvalue weighted by Crippen LogP contribution is -2.20. The van der Waals surface area contributed by atoms with Gasteiger partial charge in [-0.3, -0.25) is 0 Å². The van der Waals surface area contributed by atoms with E-state index in [1.54, 1.807) is 12.1 Å². The standard InChI is InChI=1S/C14H19FO/c1-10-2-5-12(8-10)14(16)9-11-3-6-13(15)7-4-11/h3-4,6-7,10,12,14,16H,2,5,8-9H2,1H3. The maximum Gasteiger partial charge on any atom is 0.123 e. The van der Waals surface area contributed by atoms with Crippen LogP contribution < -0.4 is 0 Å². The Labute approximate surface area is 96.3 Å². The van der Waals surface area contributed by atoms with Gasteiger partial charge >= 0.3 is 0 Å². The molecule has 1 aliphatic rings. The molecule has 3 unspecified atom stereocenters. The van der Waals surface area contributed by atoms with Crippen LogP contribution in [0.1, 0.15) is 31.7 Å². The molecule has 88 valence electrons. The van der Waals surface area contributed by atoms with Crippen molar-refractivity contribution in [2.24, 2.45) is 11.8 Å². The molecule has 0 bridgehead atoms. The predicted molar refractivity (Wildman–Crippen MR) is 62.6 cm³/mol. The molecule has 3 atom stereocenters. The summed E-state index contributed by atoms with van der Waals surface area (Å²) in [5, 5.41) is 10.1. The molecule has 1 nitrogen and oxygen atoms in total. The fourth-order valence-corrected chi connectivity index (χ4v) is 2.63. The van der Waals surface area contributed by atoms with E-state index in [0.29, 0.717) is 12.3 Å². The van der Waals surface area contributed by atoms with Gasteiger partial charge in [0.15, 0.2) is 0 Å². The molecular formula is C14H19FO. The fourth-order valence-electron chi connectivity index (χ4n) is 2.63. The van der Waals surface area contributed by atoms with Crippen molar-refractivity contribution in [3.05, 3.63) is 35.6 Å². The molecule has 1 aromatic carbocycles. The van der Waals surface area contributed by atoms with Gasteiger partial charge in [0.2, 0.25) is 0 Å².